The minimum atomic E-state index is -0.589. The van der Waals surface area contributed by atoms with Gasteiger partial charge in [0.25, 0.3) is 0 Å². The standard InChI is InChI=1S/C12H13F2N3OS2/c1-18-3-2-15-6-8-4-9(13)11(10(14)5-8)20-12-17-16-7-19-12/h4-5,7,15H,2-3,6H2,1H3. The second-order valence-electron chi connectivity index (χ2n) is 3.86. The lowest BCUT2D eigenvalue weighted by Crippen LogP contribution is -2.18. The van der Waals surface area contributed by atoms with Crippen LogP contribution in [0.15, 0.2) is 26.9 Å². The molecule has 1 heterocycles. The van der Waals surface area contributed by atoms with Crippen molar-refractivity contribution in [2.45, 2.75) is 15.8 Å². The highest BCUT2D eigenvalue weighted by Gasteiger charge is 2.14. The summed E-state index contributed by atoms with van der Waals surface area (Å²) in [5.41, 5.74) is 2.07. The molecule has 0 radical (unpaired) electrons. The molecular weight excluding hydrogens is 304 g/mol. The van der Waals surface area contributed by atoms with Gasteiger partial charge in [-0.25, -0.2) is 8.78 Å². The molecule has 108 valence electrons. The van der Waals surface area contributed by atoms with Gasteiger partial charge >= 0.3 is 0 Å². The Labute approximate surface area is 123 Å². The lowest BCUT2D eigenvalue weighted by molar-refractivity contribution is 0.199. The predicted octanol–water partition coefficient (Wildman–Crippen LogP) is 2.70. The molecule has 0 aliphatic rings. The van der Waals surface area contributed by atoms with Crippen LogP contribution in [0.25, 0.3) is 0 Å². The molecule has 1 aromatic heterocycles. The summed E-state index contributed by atoms with van der Waals surface area (Å²) in [5, 5.41) is 10.4. The summed E-state index contributed by atoms with van der Waals surface area (Å²) < 4.78 is 33.2. The molecule has 1 N–H and O–H groups in total. The van der Waals surface area contributed by atoms with Crippen LogP contribution in [0.5, 0.6) is 0 Å². The fourth-order valence-corrected chi connectivity index (χ4v) is 2.94. The largest absolute Gasteiger partial charge is 0.383 e. The summed E-state index contributed by atoms with van der Waals surface area (Å²) in [6.07, 6.45) is 0. The summed E-state index contributed by atoms with van der Waals surface area (Å²) in [4.78, 5) is -0.0533. The van der Waals surface area contributed by atoms with E-state index in [-0.39, 0.29) is 4.90 Å². The molecule has 0 saturated carbocycles. The van der Waals surface area contributed by atoms with E-state index < -0.39 is 11.6 Å². The molecular formula is C12H13F2N3OS2. The molecule has 1 aromatic carbocycles. The van der Waals surface area contributed by atoms with Gasteiger partial charge in [-0.1, -0.05) is 23.1 Å². The van der Waals surface area contributed by atoms with Crippen molar-refractivity contribution < 1.29 is 13.5 Å². The molecule has 0 atom stereocenters. The van der Waals surface area contributed by atoms with Crippen LogP contribution < -0.4 is 5.32 Å². The van der Waals surface area contributed by atoms with Crippen molar-refractivity contribution in [1.82, 2.24) is 15.5 Å². The van der Waals surface area contributed by atoms with Crippen LogP contribution in [0.1, 0.15) is 5.56 Å². The maximum absolute atomic E-state index is 13.9. The minimum absolute atomic E-state index is 0.0533. The van der Waals surface area contributed by atoms with Gasteiger partial charge in [0.2, 0.25) is 0 Å². The molecule has 0 aliphatic carbocycles. The SMILES string of the molecule is COCCNCc1cc(F)c(Sc2nncs2)c(F)c1. The van der Waals surface area contributed by atoms with E-state index in [1.54, 1.807) is 7.11 Å². The van der Waals surface area contributed by atoms with Gasteiger partial charge in [-0.3, -0.25) is 0 Å². The van der Waals surface area contributed by atoms with Crippen LogP contribution in [-0.4, -0.2) is 30.5 Å². The highest BCUT2D eigenvalue weighted by atomic mass is 32.2. The number of methoxy groups -OCH3 is 1. The average molecular weight is 317 g/mol. The molecule has 2 rings (SSSR count). The minimum Gasteiger partial charge on any atom is -0.383 e. The molecule has 0 unspecified atom stereocenters. The fourth-order valence-electron chi connectivity index (χ4n) is 1.51. The molecule has 0 amide bonds. The first-order valence-corrected chi connectivity index (χ1v) is 7.52. The number of hydrogen-bond donors (Lipinski definition) is 1. The lowest BCUT2D eigenvalue weighted by Gasteiger charge is -2.07. The Kier molecular flexibility index (Phi) is 5.84. The van der Waals surface area contributed by atoms with Crippen LogP contribution in [0.3, 0.4) is 0 Å². The zero-order valence-electron chi connectivity index (χ0n) is 10.7. The Morgan fingerprint density at radius 1 is 1.35 bits per heavy atom. The maximum atomic E-state index is 13.9. The second kappa shape index (κ2) is 7.63. The molecule has 8 heteroatoms. The molecule has 0 bridgehead atoms. The van der Waals surface area contributed by atoms with Gasteiger partial charge < -0.3 is 10.1 Å². The van der Waals surface area contributed by atoms with Crippen LogP contribution in [0, 0.1) is 11.6 Å². The number of aromatic nitrogens is 2. The fraction of sp³-hybridized carbons (Fsp3) is 0.333. The molecule has 0 spiro atoms. The topological polar surface area (TPSA) is 47.0 Å². The van der Waals surface area contributed by atoms with E-state index in [0.29, 0.717) is 29.6 Å². The van der Waals surface area contributed by atoms with Crippen LogP contribution in [-0.2, 0) is 11.3 Å². The number of benzene rings is 1. The monoisotopic (exact) mass is 317 g/mol. The third-order valence-corrected chi connectivity index (χ3v) is 4.27. The van der Waals surface area contributed by atoms with Gasteiger partial charge in [0.05, 0.1) is 11.5 Å². The summed E-state index contributed by atoms with van der Waals surface area (Å²) >= 11 is 2.18. The number of rotatable bonds is 7. The van der Waals surface area contributed by atoms with Gasteiger partial charge in [-0.05, 0) is 17.7 Å². The van der Waals surface area contributed by atoms with Crippen molar-refractivity contribution in [2.75, 3.05) is 20.3 Å². The normalized spacial score (nSPS) is 10.9. The molecule has 0 saturated heterocycles. The van der Waals surface area contributed by atoms with Gasteiger partial charge in [-0.15, -0.1) is 10.2 Å². The van der Waals surface area contributed by atoms with E-state index in [1.165, 1.54) is 29.0 Å². The van der Waals surface area contributed by atoms with E-state index in [2.05, 4.69) is 15.5 Å². The second-order valence-corrected chi connectivity index (χ2v) is 5.96. The summed E-state index contributed by atoms with van der Waals surface area (Å²) in [6, 6.07) is 2.65. The highest BCUT2D eigenvalue weighted by Crippen LogP contribution is 2.33. The Morgan fingerprint density at radius 2 is 2.10 bits per heavy atom. The number of ether oxygens (including phenoxy) is 1. The first-order valence-electron chi connectivity index (χ1n) is 5.82. The number of nitrogens with zero attached hydrogens (tertiary/aromatic N) is 2. The lowest BCUT2D eigenvalue weighted by atomic mass is 10.2. The van der Waals surface area contributed by atoms with Crippen molar-refractivity contribution in [1.29, 1.82) is 0 Å². The van der Waals surface area contributed by atoms with E-state index in [0.717, 1.165) is 11.8 Å². The summed E-state index contributed by atoms with van der Waals surface area (Å²) in [5.74, 6) is -1.18. The van der Waals surface area contributed by atoms with Gasteiger partial charge in [0.15, 0.2) is 4.34 Å². The van der Waals surface area contributed by atoms with Crippen LogP contribution >= 0.6 is 23.1 Å². The summed E-state index contributed by atoms with van der Waals surface area (Å²) in [6.45, 7) is 1.57. The third kappa shape index (κ3) is 4.20. The smallest absolute Gasteiger partial charge is 0.179 e. The maximum Gasteiger partial charge on any atom is 0.179 e. The van der Waals surface area contributed by atoms with Gasteiger partial charge in [0, 0.05) is 20.2 Å². The quantitative estimate of drug-likeness (QED) is 0.796. The van der Waals surface area contributed by atoms with E-state index in [9.17, 15) is 8.78 Å². The van der Waals surface area contributed by atoms with Crippen LogP contribution in [0.4, 0.5) is 8.78 Å². The summed E-state index contributed by atoms with van der Waals surface area (Å²) in [7, 11) is 1.60. The van der Waals surface area contributed by atoms with Crippen molar-refractivity contribution >= 4 is 23.1 Å². The Hall–Kier alpha value is -1.09. The molecule has 0 fully saturated rings. The molecule has 20 heavy (non-hydrogen) atoms. The highest BCUT2D eigenvalue weighted by molar-refractivity contribution is 8.01. The van der Waals surface area contributed by atoms with Crippen molar-refractivity contribution in [3.05, 3.63) is 34.8 Å². The zero-order chi connectivity index (χ0) is 14.4. The van der Waals surface area contributed by atoms with Gasteiger partial charge in [0.1, 0.15) is 17.1 Å². The zero-order valence-corrected chi connectivity index (χ0v) is 12.4. The average Bonchev–Trinajstić information content (AvgIpc) is 2.92. The van der Waals surface area contributed by atoms with Crippen LogP contribution in [0.2, 0.25) is 0 Å². The van der Waals surface area contributed by atoms with Crippen molar-refractivity contribution in [2.24, 2.45) is 0 Å². The van der Waals surface area contributed by atoms with E-state index in [1.807, 2.05) is 0 Å². The predicted molar refractivity (Wildman–Crippen MR) is 74.0 cm³/mol. The molecule has 4 nitrogen and oxygen atoms in total. The number of nitrogens with one attached hydrogen (secondary N) is 1. The Bertz CT molecular complexity index is 529. The number of hydrogen-bond acceptors (Lipinski definition) is 6. The molecule has 0 aliphatic heterocycles. The van der Waals surface area contributed by atoms with Gasteiger partial charge in [-0.2, -0.15) is 0 Å². The van der Waals surface area contributed by atoms with E-state index >= 15 is 0 Å². The van der Waals surface area contributed by atoms with Crippen molar-refractivity contribution in [3.8, 4) is 0 Å². The van der Waals surface area contributed by atoms with Crippen molar-refractivity contribution in [3.63, 3.8) is 0 Å². The Morgan fingerprint density at radius 3 is 2.70 bits per heavy atom. The Balaban J connectivity index is 2.04. The van der Waals surface area contributed by atoms with E-state index in [4.69, 9.17) is 4.74 Å². The third-order valence-electron chi connectivity index (χ3n) is 2.40. The first-order chi connectivity index (χ1) is 9.70. The number of halogens is 2. The first kappa shape index (κ1) is 15.3. The molecule has 2 aromatic rings.